The van der Waals surface area contributed by atoms with Gasteiger partial charge >= 0.3 is 0 Å². The molecular weight excluding hydrogens is 302 g/mol. The van der Waals surface area contributed by atoms with Crippen LogP contribution in [0.2, 0.25) is 0 Å². The normalized spacial score (nSPS) is 25.2. The first-order chi connectivity index (χ1) is 11.7. The Kier molecular flexibility index (Phi) is 5.71. The van der Waals surface area contributed by atoms with Crippen molar-refractivity contribution in [2.45, 2.75) is 71.1 Å². The Labute approximate surface area is 144 Å². The number of aromatic nitrogens is 3. The lowest BCUT2D eigenvalue weighted by Crippen LogP contribution is -2.44. The van der Waals surface area contributed by atoms with E-state index in [1.807, 2.05) is 0 Å². The van der Waals surface area contributed by atoms with Crippen LogP contribution in [0, 0.1) is 0 Å². The van der Waals surface area contributed by atoms with Gasteiger partial charge in [0.2, 0.25) is 0 Å². The van der Waals surface area contributed by atoms with Crippen molar-refractivity contribution < 1.29 is 0 Å². The van der Waals surface area contributed by atoms with Gasteiger partial charge in [-0.25, -0.2) is 0 Å². The highest BCUT2D eigenvalue weighted by molar-refractivity contribution is 5.80. The standard InChI is InChI=1S/C17H31N7/c1-4-16-22-20-12-23(16)9-8-19-17(18-5-2)21-14-10-13(3)24(11-14)15-6-7-15/h12-15H,4-11H2,1-3H3,(H2,18,19,21). The highest BCUT2D eigenvalue weighted by atomic mass is 15.3. The fourth-order valence-electron chi connectivity index (χ4n) is 3.60. The smallest absolute Gasteiger partial charge is 0.191 e. The first kappa shape index (κ1) is 17.2. The van der Waals surface area contributed by atoms with E-state index in [0.717, 1.165) is 50.4 Å². The van der Waals surface area contributed by atoms with Gasteiger partial charge < -0.3 is 15.2 Å². The minimum Gasteiger partial charge on any atom is -0.357 e. The average Bonchev–Trinajstić information content (AvgIpc) is 3.20. The number of nitrogens with zero attached hydrogens (tertiary/aromatic N) is 5. The minimum atomic E-state index is 0.500. The summed E-state index contributed by atoms with van der Waals surface area (Å²) >= 11 is 0. The number of guanidine groups is 1. The van der Waals surface area contributed by atoms with Crippen LogP contribution in [-0.4, -0.2) is 63.4 Å². The molecule has 0 aromatic carbocycles. The molecule has 7 nitrogen and oxygen atoms in total. The highest BCUT2D eigenvalue weighted by Gasteiger charge is 2.38. The van der Waals surface area contributed by atoms with Crippen molar-refractivity contribution in [2.24, 2.45) is 4.99 Å². The number of likely N-dealkylation sites (tertiary alicyclic amines) is 1. The van der Waals surface area contributed by atoms with Gasteiger partial charge in [-0.2, -0.15) is 0 Å². The van der Waals surface area contributed by atoms with Gasteiger partial charge in [-0.1, -0.05) is 6.92 Å². The number of aryl methyl sites for hydroxylation is 1. The third-order valence-electron chi connectivity index (χ3n) is 4.95. The summed E-state index contributed by atoms with van der Waals surface area (Å²) in [5, 5.41) is 15.1. The van der Waals surface area contributed by atoms with Gasteiger partial charge in [0.05, 0.1) is 6.54 Å². The van der Waals surface area contributed by atoms with Crippen LogP contribution in [0.25, 0.3) is 0 Å². The van der Waals surface area contributed by atoms with Crippen LogP contribution in [0.3, 0.4) is 0 Å². The minimum absolute atomic E-state index is 0.500. The van der Waals surface area contributed by atoms with Gasteiger partial charge in [-0.3, -0.25) is 9.89 Å². The Morgan fingerprint density at radius 1 is 1.38 bits per heavy atom. The molecule has 2 N–H and O–H groups in total. The fraction of sp³-hybridized carbons (Fsp3) is 0.824. The molecular formula is C17H31N7. The van der Waals surface area contributed by atoms with E-state index in [9.17, 15) is 0 Å². The number of rotatable bonds is 7. The van der Waals surface area contributed by atoms with E-state index in [0.29, 0.717) is 12.1 Å². The predicted molar refractivity (Wildman–Crippen MR) is 96.1 cm³/mol. The molecule has 7 heteroatoms. The topological polar surface area (TPSA) is 70.4 Å². The Hall–Kier alpha value is -1.63. The summed E-state index contributed by atoms with van der Waals surface area (Å²) in [7, 11) is 0. The lowest BCUT2D eigenvalue weighted by Gasteiger charge is -2.20. The molecule has 1 saturated carbocycles. The molecule has 1 aliphatic heterocycles. The number of aliphatic imine (C=N–C) groups is 1. The van der Waals surface area contributed by atoms with Crippen molar-refractivity contribution in [3.63, 3.8) is 0 Å². The van der Waals surface area contributed by atoms with E-state index in [1.54, 1.807) is 6.33 Å². The molecule has 2 unspecified atom stereocenters. The van der Waals surface area contributed by atoms with Crippen molar-refractivity contribution in [3.05, 3.63) is 12.2 Å². The fourth-order valence-corrected chi connectivity index (χ4v) is 3.60. The second-order valence-electron chi connectivity index (χ2n) is 6.91. The van der Waals surface area contributed by atoms with Crippen LogP contribution in [0.4, 0.5) is 0 Å². The molecule has 1 aliphatic carbocycles. The molecule has 1 saturated heterocycles. The van der Waals surface area contributed by atoms with Crippen LogP contribution >= 0.6 is 0 Å². The van der Waals surface area contributed by atoms with Crippen molar-refractivity contribution in [3.8, 4) is 0 Å². The largest absolute Gasteiger partial charge is 0.357 e. The Morgan fingerprint density at radius 2 is 2.21 bits per heavy atom. The number of hydrogen-bond donors (Lipinski definition) is 2. The molecule has 24 heavy (non-hydrogen) atoms. The van der Waals surface area contributed by atoms with Crippen LogP contribution in [0.5, 0.6) is 0 Å². The van der Waals surface area contributed by atoms with E-state index in [-0.39, 0.29) is 0 Å². The van der Waals surface area contributed by atoms with E-state index in [4.69, 9.17) is 4.99 Å². The van der Waals surface area contributed by atoms with Crippen molar-refractivity contribution in [2.75, 3.05) is 19.6 Å². The van der Waals surface area contributed by atoms with Gasteiger partial charge in [0.15, 0.2) is 5.96 Å². The van der Waals surface area contributed by atoms with Gasteiger partial charge in [0, 0.05) is 44.2 Å². The predicted octanol–water partition coefficient (Wildman–Crippen LogP) is 1.02. The van der Waals surface area contributed by atoms with Crippen LogP contribution in [0.1, 0.15) is 45.9 Å². The lowest BCUT2D eigenvalue weighted by molar-refractivity contribution is 0.256. The summed E-state index contributed by atoms with van der Waals surface area (Å²) in [6, 6.07) is 2.02. The van der Waals surface area contributed by atoms with Crippen LogP contribution in [-0.2, 0) is 13.0 Å². The molecule has 2 fully saturated rings. The molecule has 3 rings (SSSR count). The van der Waals surface area contributed by atoms with Gasteiger partial charge in [0.1, 0.15) is 12.2 Å². The second kappa shape index (κ2) is 7.96. The summed E-state index contributed by atoms with van der Waals surface area (Å²) in [4.78, 5) is 7.40. The first-order valence-corrected chi connectivity index (χ1v) is 9.38. The van der Waals surface area contributed by atoms with Crippen LogP contribution in [0.15, 0.2) is 11.3 Å². The summed E-state index contributed by atoms with van der Waals surface area (Å²) in [5.74, 6) is 1.95. The maximum absolute atomic E-state index is 4.74. The van der Waals surface area contributed by atoms with Gasteiger partial charge in [0.25, 0.3) is 0 Å². The maximum Gasteiger partial charge on any atom is 0.191 e. The SMILES string of the molecule is CCNC(=NCCn1cnnc1CC)NC1CC(C)N(C2CC2)C1. The quantitative estimate of drug-likeness (QED) is 0.576. The molecule has 2 atom stereocenters. The zero-order valence-corrected chi connectivity index (χ0v) is 15.2. The van der Waals surface area contributed by atoms with E-state index in [1.165, 1.54) is 19.3 Å². The Morgan fingerprint density at radius 3 is 2.92 bits per heavy atom. The molecule has 0 bridgehead atoms. The molecule has 0 spiro atoms. The Balaban J connectivity index is 1.52. The first-order valence-electron chi connectivity index (χ1n) is 9.38. The molecule has 2 heterocycles. The van der Waals surface area contributed by atoms with E-state index in [2.05, 4.69) is 51.1 Å². The second-order valence-corrected chi connectivity index (χ2v) is 6.91. The van der Waals surface area contributed by atoms with Crippen molar-refractivity contribution in [1.82, 2.24) is 30.3 Å². The third kappa shape index (κ3) is 4.26. The molecule has 0 radical (unpaired) electrons. The summed E-state index contributed by atoms with van der Waals surface area (Å²) in [6.45, 7) is 10.1. The lowest BCUT2D eigenvalue weighted by atomic mass is 10.2. The van der Waals surface area contributed by atoms with Gasteiger partial charge in [-0.15, -0.1) is 10.2 Å². The van der Waals surface area contributed by atoms with E-state index < -0.39 is 0 Å². The average molecular weight is 333 g/mol. The molecule has 1 aromatic heterocycles. The van der Waals surface area contributed by atoms with Crippen molar-refractivity contribution in [1.29, 1.82) is 0 Å². The monoisotopic (exact) mass is 333 g/mol. The zero-order valence-electron chi connectivity index (χ0n) is 15.2. The molecule has 0 amide bonds. The third-order valence-corrected chi connectivity index (χ3v) is 4.95. The maximum atomic E-state index is 4.74. The molecule has 1 aromatic rings. The number of hydrogen-bond acceptors (Lipinski definition) is 4. The Bertz CT molecular complexity index is 549. The molecule has 134 valence electrons. The highest BCUT2D eigenvalue weighted by Crippen LogP contribution is 2.33. The number of nitrogens with one attached hydrogen (secondary N) is 2. The summed E-state index contributed by atoms with van der Waals surface area (Å²) in [5.41, 5.74) is 0. The zero-order chi connectivity index (χ0) is 16.9. The van der Waals surface area contributed by atoms with Crippen LogP contribution < -0.4 is 10.6 Å². The molecule has 2 aliphatic rings. The summed E-state index contributed by atoms with van der Waals surface area (Å²) in [6.07, 6.45) is 6.65. The van der Waals surface area contributed by atoms with Gasteiger partial charge in [-0.05, 0) is 33.1 Å². The van der Waals surface area contributed by atoms with Crippen molar-refractivity contribution >= 4 is 5.96 Å². The van der Waals surface area contributed by atoms with E-state index >= 15 is 0 Å². The summed E-state index contributed by atoms with van der Waals surface area (Å²) < 4.78 is 2.08.